The molecule has 0 heteroatoms. The Kier molecular flexibility index (Phi) is 3.56. The summed E-state index contributed by atoms with van der Waals surface area (Å²) in [4.78, 5) is 0. The summed E-state index contributed by atoms with van der Waals surface area (Å²) in [7, 11) is 0. The molecule has 2 aromatic rings. The van der Waals surface area contributed by atoms with E-state index in [0.717, 1.165) is 6.42 Å². The largest absolute Gasteiger partial charge is 0.0590 e. The number of benzene rings is 2. The molecule has 0 bridgehead atoms. The maximum atomic E-state index is 2.34. The topological polar surface area (TPSA) is 0 Å². The van der Waals surface area contributed by atoms with E-state index in [-0.39, 0.29) is 0 Å². The minimum absolute atomic E-state index is 1.04. The number of rotatable bonds is 2. The zero-order valence-corrected chi connectivity index (χ0v) is 12.1. The Balaban J connectivity index is 2.38. The first kappa shape index (κ1) is 12.9. The van der Waals surface area contributed by atoms with Crippen LogP contribution in [0.1, 0.15) is 38.9 Å². The van der Waals surface area contributed by atoms with E-state index in [4.69, 9.17) is 0 Å². The van der Waals surface area contributed by atoms with E-state index in [1.807, 2.05) is 0 Å². The molecule has 0 heterocycles. The average Bonchev–Trinajstić information content (AvgIpc) is 2.36. The van der Waals surface area contributed by atoms with Gasteiger partial charge in [-0.2, -0.15) is 0 Å². The second-order valence-electron chi connectivity index (χ2n) is 5.39. The van der Waals surface area contributed by atoms with Crippen molar-refractivity contribution in [2.45, 2.75) is 41.0 Å². The van der Waals surface area contributed by atoms with Crippen molar-refractivity contribution < 1.29 is 0 Å². The zero-order chi connectivity index (χ0) is 13.3. The van der Waals surface area contributed by atoms with Gasteiger partial charge in [0.1, 0.15) is 0 Å². The van der Waals surface area contributed by atoms with Gasteiger partial charge in [-0.25, -0.2) is 0 Å². The summed E-state index contributed by atoms with van der Waals surface area (Å²) >= 11 is 0. The molecule has 0 unspecified atom stereocenters. The van der Waals surface area contributed by atoms with Gasteiger partial charge in [-0.05, 0) is 74.4 Å². The van der Waals surface area contributed by atoms with Gasteiger partial charge in [0, 0.05) is 0 Å². The first-order valence-electron chi connectivity index (χ1n) is 6.61. The third kappa shape index (κ3) is 2.48. The van der Waals surface area contributed by atoms with Crippen molar-refractivity contribution in [3.8, 4) is 0 Å². The second kappa shape index (κ2) is 4.97. The van der Waals surface area contributed by atoms with E-state index in [1.165, 1.54) is 38.9 Å². The summed E-state index contributed by atoms with van der Waals surface area (Å²) in [6.07, 6.45) is 1.04. The fraction of sp³-hybridized carbons (Fsp3) is 0.333. The van der Waals surface area contributed by atoms with Crippen LogP contribution in [0.3, 0.4) is 0 Å². The molecule has 0 N–H and O–H groups in total. The lowest BCUT2D eigenvalue weighted by Crippen LogP contribution is -1.99. The lowest BCUT2D eigenvalue weighted by atomic mass is 9.91. The maximum Gasteiger partial charge on any atom is -0.00229 e. The van der Waals surface area contributed by atoms with Crippen LogP contribution in [-0.4, -0.2) is 0 Å². The van der Waals surface area contributed by atoms with Gasteiger partial charge in [0.2, 0.25) is 0 Å². The molecule has 0 radical (unpaired) electrons. The number of hydrogen-bond acceptors (Lipinski definition) is 0. The summed E-state index contributed by atoms with van der Waals surface area (Å²) < 4.78 is 0. The Bertz CT molecular complexity index is 560. The first-order chi connectivity index (χ1) is 8.49. The molecule has 0 aromatic heterocycles. The van der Waals surface area contributed by atoms with Crippen LogP contribution < -0.4 is 0 Å². The molecule has 0 aliphatic heterocycles. The molecule has 18 heavy (non-hydrogen) atoms. The summed E-state index contributed by atoms with van der Waals surface area (Å²) in [5.74, 6) is 0. The molecule has 0 saturated heterocycles. The van der Waals surface area contributed by atoms with Gasteiger partial charge in [0.15, 0.2) is 0 Å². The predicted octanol–water partition coefficient (Wildman–Crippen LogP) is 4.82. The lowest BCUT2D eigenvalue weighted by molar-refractivity contribution is 1.10. The molecule has 0 atom stereocenters. The van der Waals surface area contributed by atoms with Crippen molar-refractivity contribution in [3.63, 3.8) is 0 Å². The summed E-state index contributed by atoms with van der Waals surface area (Å²) in [5.41, 5.74) is 9.90. The third-order valence-corrected chi connectivity index (χ3v) is 4.10. The zero-order valence-electron chi connectivity index (χ0n) is 12.1. The molecular weight excluding hydrogens is 216 g/mol. The molecule has 2 rings (SSSR count). The Morgan fingerprint density at radius 1 is 0.722 bits per heavy atom. The highest BCUT2D eigenvalue weighted by atomic mass is 14.1. The first-order valence-corrected chi connectivity index (χ1v) is 6.61. The van der Waals surface area contributed by atoms with E-state index in [2.05, 4.69) is 65.0 Å². The average molecular weight is 238 g/mol. The van der Waals surface area contributed by atoms with Crippen LogP contribution in [0, 0.1) is 34.6 Å². The van der Waals surface area contributed by atoms with Crippen LogP contribution in [0.5, 0.6) is 0 Å². The molecule has 0 amide bonds. The Morgan fingerprint density at radius 3 is 1.94 bits per heavy atom. The van der Waals surface area contributed by atoms with Gasteiger partial charge in [-0.1, -0.05) is 35.9 Å². The number of hydrogen-bond donors (Lipinski definition) is 0. The standard InChI is InChI=1S/C18H22/c1-12-6-8-17(9-7-12)11-18-10-13(2)14(3)15(4)16(18)5/h6-10H,11H2,1-5H3. The van der Waals surface area contributed by atoms with Crippen LogP contribution in [-0.2, 0) is 6.42 Å². The smallest absolute Gasteiger partial charge is 0.00229 e. The third-order valence-electron chi connectivity index (χ3n) is 4.10. The van der Waals surface area contributed by atoms with Gasteiger partial charge in [-0.15, -0.1) is 0 Å². The molecule has 0 nitrogen and oxygen atoms in total. The van der Waals surface area contributed by atoms with Gasteiger partial charge < -0.3 is 0 Å². The SMILES string of the molecule is Cc1ccc(Cc2cc(C)c(C)c(C)c2C)cc1. The fourth-order valence-electron chi connectivity index (χ4n) is 2.41. The van der Waals surface area contributed by atoms with Gasteiger partial charge in [0.25, 0.3) is 0 Å². The second-order valence-corrected chi connectivity index (χ2v) is 5.39. The van der Waals surface area contributed by atoms with Gasteiger partial charge in [-0.3, -0.25) is 0 Å². The van der Waals surface area contributed by atoms with Crippen LogP contribution in [0.25, 0.3) is 0 Å². The van der Waals surface area contributed by atoms with Gasteiger partial charge >= 0.3 is 0 Å². The highest BCUT2D eigenvalue weighted by molar-refractivity contribution is 5.45. The predicted molar refractivity (Wildman–Crippen MR) is 79.4 cm³/mol. The van der Waals surface area contributed by atoms with E-state index >= 15 is 0 Å². The molecule has 0 spiro atoms. The Hall–Kier alpha value is -1.56. The minimum Gasteiger partial charge on any atom is -0.0590 e. The van der Waals surface area contributed by atoms with E-state index < -0.39 is 0 Å². The molecule has 0 saturated carbocycles. The van der Waals surface area contributed by atoms with Crippen LogP contribution in [0.2, 0.25) is 0 Å². The normalized spacial score (nSPS) is 10.7. The number of aryl methyl sites for hydroxylation is 2. The van der Waals surface area contributed by atoms with Crippen LogP contribution in [0.15, 0.2) is 30.3 Å². The van der Waals surface area contributed by atoms with Crippen LogP contribution in [0.4, 0.5) is 0 Å². The molecule has 94 valence electrons. The molecular formula is C18H22. The Labute approximate surface area is 111 Å². The summed E-state index contributed by atoms with van der Waals surface area (Å²) in [5, 5.41) is 0. The van der Waals surface area contributed by atoms with Crippen LogP contribution >= 0.6 is 0 Å². The monoisotopic (exact) mass is 238 g/mol. The quantitative estimate of drug-likeness (QED) is 0.703. The van der Waals surface area contributed by atoms with Crippen molar-refractivity contribution in [3.05, 3.63) is 69.3 Å². The van der Waals surface area contributed by atoms with Crippen molar-refractivity contribution in [2.75, 3.05) is 0 Å². The Morgan fingerprint density at radius 2 is 1.33 bits per heavy atom. The van der Waals surface area contributed by atoms with Crippen molar-refractivity contribution >= 4 is 0 Å². The van der Waals surface area contributed by atoms with Gasteiger partial charge in [0.05, 0.1) is 0 Å². The highest BCUT2D eigenvalue weighted by Gasteiger charge is 2.07. The van der Waals surface area contributed by atoms with Crippen molar-refractivity contribution in [1.29, 1.82) is 0 Å². The fourth-order valence-corrected chi connectivity index (χ4v) is 2.41. The molecule has 0 fully saturated rings. The maximum absolute atomic E-state index is 2.34. The summed E-state index contributed by atoms with van der Waals surface area (Å²) in [6.45, 7) is 11.0. The molecule has 0 aliphatic carbocycles. The van der Waals surface area contributed by atoms with Crippen molar-refractivity contribution in [2.24, 2.45) is 0 Å². The summed E-state index contributed by atoms with van der Waals surface area (Å²) in [6, 6.07) is 11.2. The van der Waals surface area contributed by atoms with Crippen molar-refractivity contribution in [1.82, 2.24) is 0 Å². The van der Waals surface area contributed by atoms with E-state index in [9.17, 15) is 0 Å². The lowest BCUT2D eigenvalue weighted by Gasteiger charge is -2.14. The highest BCUT2D eigenvalue weighted by Crippen LogP contribution is 2.23. The molecule has 0 aliphatic rings. The van der Waals surface area contributed by atoms with E-state index in [0.29, 0.717) is 0 Å². The van der Waals surface area contributed by atoms with E-state index in [1.54, 1.807) is 0 Å². The minimum atomic E-state index is 1.04. The molecule has 2 aromatic carbocycles.